The van der Waals surface area contributed by atoms with E-state index in [2.05, 4.69) is 31.3 Å². The fourth-order valence-electron chi connectivity index (χ4n) is 2.75. The summed E-state index contributed by atoms with van der Waals surface area (Å²) in [5, 5.41) is 27.4. The fourth-order valence-corrected chi connectivity index (χ4v) is 3.10. The third kappa shape index (κ3) is 3.09. The lowest BCUT2D eigenvalue weighted by Crippen LogP contribution is -2.06. The molecular weight excluding hydrogens is 396 g/mol. The van der Waals surface area contributed by atoms with Crippen molar-refractivity contribution in [1.82, 2.24) is 14.6 Å². The van der Waals surface area contributed by atoms with Gasteiger partial charge in [-0.05, 0) is 45.8 Å². The molecule has 3 N–H and O–H groups in total. The number of nitrogens with zero attached hydrogens (tertiary/aromatic N) is 3. The molecule has 0 aliphatic heterocycles. The van der Waals surface area contributed by atoms with Crippen molar-refractivity contribution in [1.29, 1.82) is 0 Å². The standard InChI is InChI=1S/C19H15BrN4O2/c20-15-11-22-24-18(21-10-12-4-3-5-13(25)8-12)9-16(23-19(15)24)14-6-1-2-7-17(14)26/h1-9,11,21,25-26H,10H2. The van der Waals surface area contributed by atoms with Crippen LogP contribution in [-0.4, -0.2) is 24.8 Å². The third-order valence-electron chi connectivity index (χ3n) is 3.99. The molecule has 0 bridgehead atoms. The maximum Gasteiger partial charge on any atom is 0.172 e. The SMILES string of the molecule is Oc1cccc(CNc2cc(-c3ccccc3O)nc3c(Br)cnn23)c1. The number of phenolic OH excluding ortho intramolecular Hbond substituents is 2. The van der Waals surface area contributed by atoms with Crippen LogP contribution in [0.25, 0.3) is 16.9 Å². The number of nitrogens with one attached hydrogen (secondary N) is 1. The molecule has 2 aromatic carbocycles. The van der Waals surface area contributed by atoms with Crippen molar-refractivity contribution in [3.63, 3.8) is 0 Å². The van der Waals surface area contributed by atoms with Gasteiger partial charge in [0.25, 0.3) is 0 Å². The molecule has 0 atom stereocenters. The predicted octanol–water partition coefficient (Wildman–Crippen LogP) is 4.18. The first-order valence-corrected chi connectivity index (χ1v) is 8.75. The number of aromatic nitrogens is 3. The molecule has 2 aromatic heterocycles. The number of para-hydroxylation sites is 1. The van der Waals surface area contributed by atoms with Crippen LogP contribution in [-0.2, 0) is 6.54 Å². The molecule has 26 heavy (non-hydrogen) atoms. The molecule has 7 heteroatoms. The maximum atomic E-state index is 10.2. The number of halogens is 1. The molecule has 0 radical (unpaired) electrons. The molecule has 0 saturated heterocycles. The van der Waals surface area contributed by atoms with E-state index in [1.165, 1.54) is 0 Å². The van der Waals surface area contributed by atoms with E-state index in [0.717, 1.165) is 15.9 Å². The van der Waals surface area contributed by atoms with Crippen molar-refractivity contribution in [2.24, 2.45) is 0 Å². The molecule has 0 amide bonds. The highest BCUT2D eigenvalue weighted by molar-refractivity contribution is 9.10. The Morgan fingerprint density at radius 1 is 1.04 bits per heavy atom. The molecule has 4 rings (SSSR count). The Balaban J connectivity index is 1.77. The number of phenols is 2. The molecule has 2 heterocycles. The monoisotopic (exact) mass is 410 g/mol. The fraction of sp³-hybridized carbons (Fsp3) is 0.0526. The van der Waals surface area contributed by atoms with Gasteiger partial charge >= 0.3 is 0 Å². The molecule has 6 nitrogen and oxygen atoms in total. The number of rotatable bonds is 4. The van der Waals surface area contributed by atoms with E-state index in [-0.39, 0.29) is 11.5 Å². The average Bonchev–Trinajstić information content (AvgIpc) is 3.01. The number of benzene rings is 2. The quantitative estimate of drug-likeness (QED) is 0.469. The molecule has 0 aliphatic rings. The molecular formula is C19H15BrN4O2. The summed E-state index contributed by atoms with van der Waals surface area (Å²) in [6, 6.07) is 16.0. The number of fused-ring (bicyclic) bond motifs is 1. The lowest BCUT2D eigenvalue weighted by molar-refractivity contribution is 0.474. The summed E-state index contributed by atoms with van der Waals surface area (Å²) < 4.78 is 2.45. The molecule has 0 aliphatic carbocycles. The van der Waals surface area contributed by atoms with Gasteiger partial charge in [0.1, 0.15) is 17.3 Å². The Bertz CT molecular complexity index is 1090. The van der Waals surface area contributed by atoms with Gasteiger partial charge in [-0.25, -0.2) is 4.98 Å². The largest absolute Gasteiger partial charge is 0.508 e. The molecule has 0 fully saturated rings. The maximum absolute atomic E-state index is 10.2. The minimum atomic E-state index is 0.166. The zero-order valence-corrected chi connectivity index (χ0v) is 15.2. The summed E-state index contributed by atoms with van der Waals surface area (Å²) in [6.45, 7) is 0.505. The lowest BCUT2D eigenvalue weighted by atomic mass is 10.1. The molecule has 4 aromatic rings. The van der Waals surface area contributed by atoms with E-state index < -0.39 is 0 Å². The predicted molar refractivity (Wildman–Crippen MR) is 103 cm³/mol. The van der Waals surface area contributed by atoms with Gasteiger partial charge in [0, 0.05) is 18.2 Å². The summed E-state index contributed by atoms with van der Waals surface area (Å²) in [7, 11) is 0. The first kappa shape index (κ1) is 16.4. The highest BCUT2D eigenvalue weighted by Crippen LogP contribution is 2.31. The Labute approximate surface area is 157 Å². The van der Waals surface area contributed by atoms with Gasteiger partial charge in [0.2, 0.25) is 0 Å². The minimum Gasteiger partial charge on any atom is -0.508 e. The van der Waals surface area contributed by atoms with Gasteiger partial charge in [0.05, 0.1) is 16.4 Å². The average molecular weight is 411 g/mol. The van der Waals surface area contributed by atoms with Gasteiger partial charge in [-0.15, -0.1) is 0 Å². The van der Waals surface area contributed by atoms with Gasteiger partial charge in [-0.3, -0.25) is 0 Å². The smallest absolute Gasteiger partial charge is 0.172 e. The second-order valence-electron chi connectivity index (χ2n) is 5.80. The zero-order valence-electron chi connectivity index (χ0n) is 13.6. The van der Waals surface area contributed by atoms with E-state index in [4.69, 9.17) is 0 Å². The van der Waals surface area contributed by atoms with Crippen molar-refractivity contribution >= 4 is 27.4 Å². The van der Waals surface area contributed by atoms with Gasteiger partial charge < -0.3 is 15.5 Å². The second-order valence-corrected chi connectivity index (χ2v) is 6.65. The van der Waals surface area contributed by atoms with E-state index >= 15 is 0 Å². The van der Waals surface area contributed by atoms with Crippen LogP contribution < -0.4 is 5.32 Å². The van der Waals surface area contributed by atoms with Crippen molar-refractivity contribution in [2.75, 3.05) is 5.32 Å². The van der Waals surface area contributed by atoms with Crippen LogP contribution in [0.15, 0.2) is 65.3 Å². The molecule has 130 valence electrons. The minimum absolute atomic E-state index is 0.166. The van der Waals surface area contributed by atoms with E-state index in [0.29, 0.717) is 23.4 Å². The van der Waals surface area contributed by atoms with Crippen LogP contribution in [0.1, 0.15) is 5.56 Å². The van der Waals surface area contributed by atoms with E-state index in [1.54, 1.807) is 41.0 Å². The number of aromatic hydroxyl groups is 2. The number of anilines is 1. The Morgan fingerprint density at radius 3 is 2.69 bits per heavy atom. The summed E-state index contributed by atoms with van der Waals surface area (Å²) >= 11 is 3.46. The van der Waals surface area contributed by atoms with Crippen molar-refractivity contribution in [3.05, 3.63) is 70.8 Å². The van der Waals surface area contributed by atoms with Crippen molar-refractivity contribution in [3.8, 4) is 22.8 Å². The van der Waals surface area contributed by atoms with Crippen LogP contribution in [0, 0.1) is 0 Å². The van der Waals surface area contributed by atoms with Crippen LogP contribution >= 0.6 is 15.9 Å². The summed E-state index contributed by atoms with van der Waals surface area (Å²) in [4.78, 5) is 4.61. The number of hydrogen-bond donors (Lipinski definition) is 3. The zero-order chi connectivity index (χ0) is 18.1. The molecule has 0 saturated carbocycles. The molecule has 0 unspecified atom stereocenters. The normalized spacial score (nSPS) is 11.0. The molecule has 0 spiro atoms. The van der Waals surface area contributed by atoms with Gasteiger partial charge in [-0.1, -0.05) is 24.3 Å². The van der Waals surface area contributed by atoms with Crippen LogP contribution in [0.5, 0.6) is 11.5 Å². The topological polar surface area (TPSA) is 82.7 Å². The number of hydrogen-bond acceptors (Lipinski definition) is 5. The Kier molecular flexibility index (Phi) is 4.22. The van der Waals surface area contributed by atoms with Gasteiger partial charge in [0.15, 0.2) is 5.65 Å². The Hall–Kier alpha value is -3.06. The summed E-state index contributed by atoms with van der Waals surface area (Å²) in [5.41, 5.74) is 2.85. The van der Waals surface area contributed by atoms with E-state index in [9.17, 15) is 10.2 Å². The highest BCUT2D eigenvalue weighted by Gasteiger charge is 2.13. The highest BCUT2D eigenvalue weighted by atomic mass is 79.9. The van der Waals surface area contributed by atoms with Crippen LogP contribution in [0.3, 0.4) is 0 Å². The summed E-state index contributed by atoms with van der Waals surface area (Å²) in [6.07, 6.45) is 1.68. The van der Waals surface area contributed by atoms with Crippen molar-refractivity contribution in [2.45, 2.75) is 6.54 Å². The third-order valence-corrected chi connectivity index (χ3v) is 4.55. The van der Waals surface area contributed by atoms with Crippen LogP contribution in [0.2, 0.25) is 0 Å². The second kappa shape index (κ2) is 6.68. The van der Waals surface area contributed by atoms with Crippen LogP contribution in [0.4, 0.5) is 5.82 Å². The summed E-state index contributed by atoms with van der Waals surface area (Å²) in [5.74, 6) is 1.11. The first-order valence-electron chi connectivity index (χ1n) is 7.96. The lowest BCUT2D eigenvalue weighted by Gasteiger charge is -2.12. The first-order chi connectivity index (χ1) is 12.6. The van der Waals surface area contributed by atoms with E-state index in [1.807, 2.05) is 24.3 Å². The van der Waals surface area contributed by atoms with Gasteiger partial charge in [-0.2, -0.15) is 9.61 Å². The van der Waals surface area contributed by atoms with Crippen molar-refractivity contribution < 1.29 is 10.2 Å². The Morgan fingerprint density at radius 2 is 1.88 bits per heavy atom.